The number of para-hydroxylation sites is 1. The molecule has 0 amide bonds. The molecule has 2 unspecified atom stereocenters. The van der Waals surface area contributed by atoms with Crippen molar-refractivity contribution in [3.05, 3.63) is 54.6 Å². The molecule has 0 aliphatic heterocycles. The molecule has 112 valence electrons. The van der Waals surface area contributed by atoms with Gasteiger partial charge in [-0.1, -0.05) is 48.5 Å². The lowest BCUT2D eigenvalue weighted by molar-refractivity contribution is 0.0609. The van der Waals surface area contributed by atoms with Crippen molar-refractivity contribution in [1.82, 2.24) is 0 Å². The molecule has 0 aliphatic rings. The molecule has 3 N–H and O–H groups in total. The topological polar surface area (TPSA) is 64.7 Å². The molecule has 2 aromatic carbocycles. The van der Waals surface area contributed by atoms with Crippen LogP contribution >= 0.6 is 0 Å². The molecule has 21 heavy (non-hydrogen) atoms. The summed E-state index contributed by atoms with van der Waals surface area (Å²) < 4.78 is 10.9. The molecule has 0 radical (unpaired) electrons. The van der Waals surface area contributed by atoms with Gasteiger partial charge in [0.1, 0.15) is 11.9 Å². The van der Waals surface area contributed by atoms with Crippen LogP contribution in [0.2, 0.25) is 0 Å². The summed E-state index contributed by atoms with van der Waals surface area (Å²) >= 11 is 0. The van der Waals surface area contributed by atoms with E-state index in [1.165, 1.54) is 0 Å². The van der Waals surface area contributed by atoms with E-state index in [9.17, 15) is 5.11 Å². The van der Waals surface area contributed by atoms with E-state index in [1.807, 2.05) is 54.6 Å². The van der Waals surface area contributed by atoms with Crippen LogP contribution in [0.25, 0.3) is 11.1 Å². The fourth-order valence-electron chi connectivity index (χ4n) is 2.15. The number of benzene rings is 2. The quantitative estimate of drug-likeness (QED) is 0.818. The molecule has 0 aromatic heterocycles. The van der Waals surface area contributed by atoms with Crippen LogP contribution in [0.1, 0.15) is 0 Å². The second-order valence-electron chi connectivity index (χ2n) is 4.82. The Hall–Kier alpha value is -1.88. The fourth-order valence-corrected chi connectivity index (χ4v) is 2.15. The first kappa shape index (κ1) is 15.5. The van der Waals surface area contributed by atoms with Crippen molar-refractivity contribution >= 4 is 0 Å². The minimum atomic E-state index is -0.505. The zero-order valence-corrected chi connectivity index (χ0v) is 12.1. The third-order valence-electron chi connectivity index (χ3n) is 3.27. The highest BCUT2D eigenvalue weighted by atomic mass is 16.5. The van der Waals surface area contributed by atoms with Gasteiger partial charge in [-0.05, 0) is 11.6 Å². The van der Waals surface area contributed by atoms with Crippen LogP contribution in [-0.4, -0.2) is 37.6 Å². The molecule has 0 fully saturated rings. The number of hydrogen-bond donors (Lipinski definition) is 2. The molecule has 0 spiro atoms. The van der Waals surface area contributed by atoms with Crippen molar-refractivity contribution in [3.8, 4) is 16.9 Å². The van der Waals surface area contributed by atoms with Crippen LogP contribution in [0.3, 0.4) is 0 Å². The molecule has 4 heteroatoms. The summed E-state index contributed by atoms with van der Waals surface area (Å²) in [7, 11) is 1.58. The zero-order valence-electron chi connectivity index (χ0n) is 12.1. The van der Waals surface area contributed by atoms with E-state index in [0.717, 1.165) is 11.1 Å². The molecule has 0 heterocycles. The summed E-state index contributed by atoms with van der Waals surface area (Å²) in [5.41, 5.74) is 8.00. The first-order chi connectivity index (χ1) is 10.3. The van der Waals surface area contributed by atoms with Crippen LogP contribution in [0.4, 0.5) is 0 Å². The van der Waals surface area contributed by atoms with Gasteiger partial charge in [-0.25, -0.2) is 0 Å². The van der Waals surface area contributed by atoms with Gasteiger partial charge in [0.25, 0.3) is 0 Å². The molecule has 2 aromatic rings. The summed E-state index contributed by atoms with van der Waals surface area (Å²) in [4.78, 5) is 0. The summed E-state index contributed by atoms with van der Waals surface area (Å²) in [5.74, 6) is 0.703. The van der Waals surface area contributed by atoms with Crippen LogP contribution in [-0.2, 0) is 4.74 Å². The predicted molar refractivity (Wildman–Crippen MR) is 83.2 cm³/mol. The average molecular weight is 287 g/mol. The number of methoxy groups -OCH3 is 1. The third-order valence-corrected chi connectivity index (χ3v) is 3.27. The van der Waals surface area contributed by atoms with Gasteiger partial charge in [-0.2, -0.15) is 0 Å². The smallest absolute Gasteiger partial charge is 0.139 e. The monoisotopic (exact) mass is 287 g/mol. The predicted octanol–water partition coefficient (Wildman–Crippen LogP) is 2.07. The Labute approximate surface area is 125 Å². The lowest BCUT2D eigenvalue weighted by Gasteiger charge is -2.24. The Kier molecular flexibility index (Phi) is 5.75. The Morgan fingerprint density at radius 3 is 2.38 bits per heavy atom. The molecular formula is C17H21NO3. The minimum Gasteiger partial charge on any atom is -0.486 e. The molecule has 0 saturated heterocycles. The van der Waals surface area contributed by atoms with Gasteiger partial charge in [0.2, 0.25) is 0 Å². The van der Waals surface area contributed by atoms with Gasteiger partial charge in [-0.15, -0.1) is 0 Å². The first-order valence-corrected chi connectivity index (χ1v) is 6.92. The van der Waals surface area contributed by atoms with E-state index in [-0.39, 0.29) is 12.6 Å². The van der Waals surface area contributed by atoms with Gasteiger partial charge in [0.15, 0.2) is 0 Å². The molecule has 2 atom stereocenters. The number of aliphatic hydroxyl groups excluding tert-OH is 1. The van der Waals surface area contributed by atoms with Crippen molar-refractivity contribution in [3.63, 3.8) is 0 Å². The third kappa shape index (κ3) is 4.04. The highest BCUT2D eigenvalue weighted by molar-refractivity contribution is 5.70. The lowest BCUT2D eigenvalue weighted by Crippen LogP contribution is -2.44. The first-order valence-electron chi connectivity index (χ1n) is 6.92. The maximum atomic E-state index is 9.49. The maximum absolute atomic E-state index is 9.49. The Balaban J connectivity index is 2.24. The van der Waals surface area contributed by atoms with Crippen molar-refractivity contribution < 1.29 is 14.6 Å². The van der Waals surface area contributed by atoms with Gasteiger partial charge < -0.3 is 20.3 Å². The molecule has 0 saturated carbocycles. The SMILES string of the molecule is COCC(N)C(CO)Oc1ccccc1-c1ccccc1. The standard InChI is InChI=1S/C17H21NO3/c1-20-12-15(18)17(11-19)21-16-10-6-5-9-14(16)13-7-3-2-4-8-13/h2-10,15,17,19H,11-12,18H2,1H3. The van der Waals surface area contributed by atoms with Crippen molar-refractivity contribution in [1.29, 1.82) is 0 Å². The van der Waals surface area contributed by atoms with Crippen LogP contribution in [0.15, 0.2) is 54.6 Å². The van der Waals surface area contributed by atoms with E-state index in [1.54, 1.807) is 7.11 Å². The lowest BCUT2D eigenvalue weighted by atomic mass is 10.0. The van der Waals surface area contributed by atoms with E-state index in [2.05, 4.69) is 0 Å². The summed E-state index contributed by atoms with van der Waals surface area (Å²) in [6, 6.07) is 17.3. The Bertz CT molecular complexity index is 545. The highest BCUT2D eigenvalue weighted by Gasteiger charge is 2.20. The molecule has 0 aliphatic carbocycles. The van der Waals surface area contributed by atoms with Crippen LogP contribution < -0.4 is 10.5 Å². The summed E-state index contributed by atoms with van der Waals surface area (Å²) in [5, 5.41) is 9.49. The van der Waals surface area contributed by atoms with Crippen LogP contribution in [0, 0.1) is 0 Å². The Morgan fingerprint density at radius 1 is 1.05 bits per heavy atom. The molecular weight excluding hydrogens is 266 g/mol. The van der Waals surface area contributed by atoms with Gasteiger partial charge in [-0.3, -0.25) is 0 Å². The summed E-state index contributed by atoms with van der Waals surface area (Å²) in [6.45, 7) is 0.173. The minimum absolute atomic E-state index is 0.159. The number of aliphatic hydroxyl groups is 1. The Morgan fingerprint density at radius 2 is 1.71 bits per heavy atom. The number of ether oxygens (including phenoxy) is 2. The second kappa shape index (κ2) is 7.78. The molecule has 2 rings (SSSR count). The molecule has 0 bridgehead atoms. The van der Waals surface area contributed by atoms with Gasteiger partial charge in [0, 0.05) is 12.7 Å². The fraction of sp³-hybridized carbons (Fsp3) is 0.294. The number of rotatable bonds is 7. The van der Waals surface area contributed by atoms with Gasteiger partial charge >= 0.3 is 0 Å². The van der Waals surface area contributed by atoms with Crippen molar-refractivity contribution in [2.75, 3.05) is 20.3 Å². The van der Waals surface area contributed by atoms with E-state index < -0.39 is 6.10 Å². The maximum Gasteiger partial charge on any atom is 0.139 e. The van der Waals surface area contributed by atoms with E-state index in [4.69, 9.17) is 15.2 Å². The molecule has 4 nitrogen and oxygen atoms in total. The summed E-state index contributed by atoms with van der Waals surface area (Å²) in [6.07, 6.45) is -0.505. The normalized spacial score (nSPS) is 13.7. The van der Waals surface area contributed by atoms with E-state index in [0.29, 0.717) is 12.4 Å². The second-order valence-corrected chi connectivity index (χ2v) is 4.82. The van der Waals surface area contributed by atoms with E-state index >= 15 is 0 Å². The number of nitrogens with two attached hydrogens (primary N) is 1. The van der Waals surface area contributed by atoms with Crippen molar-refractivity contribution in [2.45, 2.75) is 12.1 Å². The zero-order chi connectivity index (χ0) is 15.1. The van der Waals surface area contributed by atoms with Crippen LogP contribution in [0.5, 0.6) is 5.75 Å². The number of hydrogen-bond acceptors (Lipinski definition) is 4. The van der Waals surface area contributed by atoms with Gasteiger partial charge in [0.05, 0.1) is 19.3 Å². The van der Waals surface area contributed by atoms with Crippen molar-refractivity contribution in [2.24, 2.45) is 5.73 Å². The highest BCUT2D eigenvalue weighted by Crippen LogP contribution is 2.30. The largest absolute Gasteiger partial charge is 0.486 e. The average Bonchev–Trinajstić information content (AvgIpc) is 2.54.